The van der Waals surface area contributed by atoms with Gasteiger partial charge in [-0.3, -0.25) is 0 Å². The van der Waals surface area contributed by atoms with Crippen molar-refractivity contribution < 1.29 is 0 Å². The molecule has 0 aliphatic carbocycles. The average molecular weight is 309 g/mol. The van der Waals surface area contributed by atoms with Crippen molar-refractivity contribution in [1.29, 1.82) is 0 Å². The second-order valence-electron chi connectivity index (χ2n) is 6.06. The molecule has 0 bridgehead atoms. The standard InChI is InChI=1S/C18H29ClN2/c1-2-20-18(16-9-8-10-17(19)15-16)11-14-21-12-6-4-3-5-7-13-21/h8-10,15,18,20H,2-7,11-14H2,1H3. The Labute approximate surface area is 134 Å². The smallest absolute Gasteiger partial charge is 0.0409 e. The van der Waals surface area contributed by atoms with Gasteiger partial charge < -0.3 is 10.2 Å². The van der Waals surface area contributed by atoms with E-state index in [1.165, 1.54) is 57.3 Å². The zero-order valence-electron chi connectivity index (χ0n) is 13.3. The molecule has 1 saturated heterocycles. The van der Waals surface area contributed by atoms with E-state index in [-0.39, 0.29) is 0 Å². The fourth-order valence-electron chi connectivity index (χ4n) is 3.20. The summed E-state index contributed by atoms with van der Waals surface area (Å²) in [6, 6.07) is 8.71. The van der Waals surface area contributed by atoms with Crippen molar-refractivity contribution in [3.63, 3.8) is 0 Å². The zero-order chi connectivity index (χ0) is 14.9. The maximum absolute atomic E-state index is 6.14. The first-order chi connectivity index (χ1) is 10.3. The van der Waals surface area contributed by atoms with Crippen LogP contribution in [-0.2, 0) is 0 Å². The molecule has 0 saturated carbocycles. The number of benzene rings is 1. The Morgan fingerprint density at radius 1 is 1.14 bits per heavy atom. The van der Waals surface area contributed by atoms with Crippen LogP contribution in [-0.4, -0.2) is 31.1 Å². The lowest BCUT2D eigenvalue weighted by Crippen LogP contribution is -2.32. The Hall–Kier alpha value is -0.570. The lowest BCUT2D eigenvalue weighted by atomic mass is 10.0. The third kappa shape index (κ3) is 5.98. The first-order valence-electron chi connectivity index (χ1n) is 8.51. The van der Waals surface area contributed by atoms with Gasteiger partial charge in [0, 0.05) is 11.1 Å². The highest BCUT2D eigenvalue weighted by Crippen LogP contribution is 2.21. The molecule has 0 amide bonds. The minimum Gasteiger partial charge on any atom is -0.310 e. The monoisotopic (exact) mass is 308 g/mol. The summed E-state index contributed by atoms with van der Waals surface area (Å²) < 4.78 is 0. The van der Waals surface area contributed by atoms with Crippen molar-refractivity contribution in [3.05, 3.63) is 34.9 Å². The molecule has 1 aliphatic heterocycles. The van der Waals surface area contributed by atoms with Gasteiger partial charge in [0.2, 0.25) is 0 Å². The molecule has 0 spiro atoms. The van der Waals surface area contributed by atoms with Gasteiger partial charge in [-0.1, -0.05) is 49.9 Å². The molecule has 1 aromatic carbocycles. The summed E-state index contributed by atoms with van der Waals surface area (Å²) in [6.07, 6.45) is 8.12. The van der Waals surface area contributed by atoms with Crippen molar-refractivity contribution in [2.45, 2.75) is 51.5 Å². The molecule has 1 aromatic rings. The van der Waals surface area contributed by atoms with E-state index in [2.05, 4.69) is 35.3 Å². The van der Waals surface area contributed by atoms with Crippen LogP contribution in [0, 0.1) is 0 Å². The second-order valence-corrected chi connectivity index (χ2v) is 6.50. The summed E-state index contributed by atoms with van der Waals surface area (Å²) >= 11 is 6.14. The quantitative estimate of drug-likeness (QED) is 0.823. The van der Waals surface area contributed by atoms with Crippen LogP contribution in [0.2, 0.25) is 5.02 Å². The molecule has 1 unspecified atom stereocenters. The highest BCUT2D eigenvalue weighted by molar-refractivity contribution is 6.30. The molecule has 3 heteroatoms. The number of halogens is 1. The van der Waals surface area contributed by atoms with Crippen molar-refractivity contribution >= 4 is 11.6 Å². The number of nitrogens with zero attached hydrogens (tertiary/aromatic N) is 1. The number of rotatable bonds is 6. The maximum Gasteiger partial charge on any atom is 0.0409 e. The molecule has 1 aliphatic rings. The van der Waals surface area contributed by atoms with Crippen LogP contribution in [0.5, 0.6) is 0 Å². The van der Waals surface area contributed by atoms with Crippen LogP contribution in [0.3, 0.4) is 0 Å². The number of hydrogen-bond donors (Lipinski definition) is 1. The Balaban J connectivity index is 1.89. The fraction of sp³-hybridized carbons (Fsp3) is 0.667. The van der Waals surface area contributed by atoms with Gasteiger partial charge in [-0.05, 0) is 63.1 Å². The summed E-state index contributed by atoms with van der Waals surface area (Å²) in [7, 11) is 0. The van der Waals surface area contributed by atoms with Crippen LogP contribution in [0.4, 0.5) is 0 Å². The highest BCUT2D eigenvalue weighted by Gasteiger charge is 2.14. The first-order valence-corrected chi connectivity index (χ1v) is 8.88. The largest absolute Gasteiger partial charge is 0.310 e. The molecule has 2 rings (SSSR count). The van der Waals surface area contributed by atoms with Gasteiger partial charge in [-0.15, -0.1) is 0 Å². The fourth-order valence-corrected chi connectivity index (χ4v) is 3.40. The topological polar surface area (TPSA) is 15.3 Å². The molecule has 1 heterocycles. The van der Waals surface area contributed by atoms with Gasteiger partial charge in [0.1, 0.15) is 0 Å². The summed E-state index contributed by atoms with van der Waals surface area (Å²) in [4.78, 5) is 2.65. The summed E-state index contributed by atoms with van der Waals surface area (Å²) in [6.45, 7) is 6.90. The predicted octanol–water partition coefficient (Wildman–Crippen LogP) is 4.65. The zero-order valence-corrected chi connectivity index (χ0v) is 14.0. The lowest BCUT2D eigenvalue weighted by Gasteiger charge is -2.27. The molecular formula is C18H29ClN2. The molecule has 0 aromatic heterocycles. The van der Waals surface area contributed by atoms with Gasteiger partial charge in [0.05, 0.1) is 0 Å². The third-order valence-corrected chi connectivity index (χ3v) is 4.62. The maximum atomic E-state index is 6.14. The number of nitrogens with one attached hydrogen (secondary N) is 1. The Kier molecular flexibility index (Phi) is 7.56. The molecule has 1 N–H and O–H groups in total. The molecule has 2 nitrogen and oxygen atoms in total. The molecule has 1 atom stereocenters. The van der Waals surface area contributed by atoms with E-state index in [4.69, 9.17) is 11.6 Å². The van der Waals surface area contributed by atoms with E-state index >= 15 is 0 Å². The summed E-state index contributed by atoms with van der Waals surface area (Å²) in [5.74, 6) is 0. The summed E-state index contributed by atoms with van der Waals surface area (Å²) in [5.41, 5.74) is 1.32. The first kappa shape index (κ1) is 16.8. The van der Waals surface area contributed by atoms with Crippen molar-refractivity contribution in [2.24, 2.45) is 0 Å². The normalized spacial score (nSPS) is 19.0. The second kappa shape index (κ2) is 9.45. The van der Waals surface area contributed by atoms with Crippen molar-refractivity contribution in [2.75, 3.05) is 26.2 Å². The van der Waals surface area contributed by atoms with Gasteiger partial charge >= 0.3 is 0 Å². The Morgan fingerprint density at radius 3 is 2.52 bits per heavy atom. The van der Waals surface area contributed by atoms with E-state index in [9.17, 15) is 0 Å². The average Bonchev–Trinajstić information content (AvgIpc) is 2.44. The van der Waals surface area contributed by atoms with E-state index in [1.54, 1.807) is 0 Å². The minimum absolute atomic E-state index is 0.416. The molecule has 0 radical (unpaired) electrons. The Bertz CT molecular complexity index is 400. The highest BCUT2D eigenvalue weighted by atomic mass is 35.5. The summed E-state index contributed by atoms with van der Waals surface area (Å²) in [5, 5.41) is 4.44. The lowest BCUT2D eigenvalue weighted by molar-refractivity contribution is 0.234. The van der Waals surface area contributed by atoms with Gasteiger partial charge in [-0.25, -0.2) is 0 Å². The van der Waals surface area contributed by atoms with Gasteiger partial charge in [0.15, 0.2) is 0 Å². The molecule has 118 valence electrons. The van der Waals surface area contributed by atoms with Crippen LogP contribution >= 0.6 is 11.6 Å². The van der Waals surface area contributed by atoms with E-state index in [0.29, 0.717) is 6.04 Å². The molecule has 1 fully saturated rings. The van der Waals surface area contributed by atoms with Gasteiger partial charge in [-0.2, -0.15) is 0 Å². The number of likely N-dealkylation sites (tertiary alicyclic amines) is 1. The van der Waals surface area contributed by atoms with Crippen molar-refractivity contribution in [3.8, 4) is 0 Å². The molecular weight excluding hydrogens is 280 g/mol. The predicted molar refractivity (Wildman–Crippen MR) is 92.0 cm³/mol. The van der Waals surface area contributed by atoms with Gasteiger partial charge in [0.25, 0.3) is 0 Å². The van der Waals surface area contributed by atoms with Crippen LogP contribution < -0.4 is 5.32 Å². The Morgan fingerprint density at radius 2 is 1.86 bits per heavy atom. The SMILES string of the molecule is CCNC(CCN1CCCCCCC1)c1cccc(Cl)c1. The third-order valence-electron chi connectivity index (χ3n) is 4.38. The number of hydrogen-bond acceptors (Lipinski definition) is 2. The van der Waals surface area contributed by atoms with E-state index in [0.717, 1.165) is 18.0 Å². The molecule has 21 heavy (non-hydrogen) atoms. The van der Waals surface area contributed by atoms with Crippen LogP contribution in [0.1, 0.15) is 57.1 Å². The van der Waals surface area contributed by atoms with E-state index in [1.807, 2.05) is 6.07 Å². The van der Waals surface area contributed by atoms with Crippen LogP contribution in [0.25, 0.3) is 0 Å². The van der Waals surface area contributed by atoms with Crippen molar-refractivity contribution in [1.82, 2.24) is 10.2 Å². The van der Waals surface area contributed by atoms with Crippen LogP contribution in [0.15, 0.2) is 24.3 Å². The minimum atomic E-state index is 0.416. The van der Waals surface area contributed by atoms with E-state index < -0.39 is 0 Å².